The molecule has 8 heteroatoms. The molecule has 27 heavy (non-hydrogen) atoms. The third kappa shape index (κ3) is 7.11. The molecule has 1 aromatic carbocycles. The van der Waals surface area contributed by atoms with Crippen molar-refractivity contribution in [2.45, 2.75) is 13.5 Å². The van der Waals surface area contributed by atoms with Gasteiger partial charge in [-0.1, -0.05) is 35.5 Å². The molecule has 1 aliphatic heterocycles. The molecule has 1 fully saturated rings. The molecule has 0 atom stereocenters. The van der Waals surface area contributed by atoms with Crippen LogP contribution in [0.2, 0.25) is 0 Å². The number of aliphatic imine (C=N–C) groups is 1. The van der Waals surface area contributed by atoms with Gasteiger partial charge in [-0.15, -0.1) is 24.0 Å². The Balaban J connectivity index is 0.00000261. The van der Waals surface area contributed by atoms with Crippen molar-refractivity contribution in [1.29, 1.82) is 0 Å². The second-order valence-corrected chi connectivity index (χ2v) is 6.12. The van der Waals surface area contributed by atoms with Gasteiger partial charge >= 0.3 is 0 Å². The van der Waals surface area contributed by atoms with E-state index in [4.69, 9.17) is 9.26 Å². The van der Waals surface area contributed by atoms with Crippen LogP contribution in [-0.2, 0) is 11.3 Å². The molecule has 148 valence electrons. The summed E-state index contributed by atoms with van der Waals surface area (Å²) in [6, 6.07) is 11.9. The summed E-state index contributed by atoms with van der Waals surface area (Å²) in [6.07, 6.45) is 0. The van der Waals surface area contributed by atoms with Gasteiger partial charge < -0.3 is 19.9 Å². The molecule has 1 aliphatic rings. The predicted octanol–water partition coefficient (Wildman–Crippen LogP) is 2.35. The summed E-state index contributed by atoms with van der Waals surface area (Å²) in [5.74, 6) is 1.56. The molecule has 0 radical (unpaired) electrons. The Labute approximate surface area is 177 Å². The largest absolute Gasteiger partial charge is 0.379 e. The molecule has 2 N–H and O–H groups in total. The first kappa shape index (κ1) is 21.6. The van der Waals surface area contributed by atoms with Crippen LogP contribution in [0.5, 0.6) is 0 Å². The van der Waals surface area contributed by atoms with Crippen LogP contribution in [0.15, 0.2) is 45.9 Å². The normalized spacial score (nSPS) is 15.2. The highest BCUT2D eigenvalue weighted by Crippen LogP contribution is 2.19. The van der Waals surface area contributed by atoms with Crippen molar-refractivity contribution in [2.24, 2.45) is 4.99 Å². The van der Waals surface area contributed by atoms with Gasteiger partial charge in [0.25, 0.3) is 0 Å². The molecule has 1 saturated heterocycles. The van der Waals surface area contributed by atoms with Crippen molar-refractivity contribution in [3.8, 4) is 11.3 Å². The minimum Gasteiger partial charge on any atom is -0.379 e. The Bertz CT molecular complexity index is 686. The first-order chi connectivity index (χ1) is 12.8. The first-order valence-electron chi connectivity index (χ1n) is 9.18. The molecular weight excluding hydrogens is 457 g/mol. The van der Waals surface area contributed by atoms with Gasteiger partial charge in [0.1, 0.15) is 5.69 Å². The number of hydrogen-bond donors (Lipinski definition) is 2. The molecular formula is C19H28IN5O2. The van der Waals surface area contributed by atoms with E-state index >= 15 is 0 Å². The predicted molar refractivity (Wildman–Crippen MR) is 117 cm³/mol. The zero-order chi connectivity index (χ0) is 18.0. The second-order valence-electron chi connectivity index (χ2n) is 6.12. The highest BCUT2D eigenvalue weighted by atomic mass is 127. The Morgan fingerprint density at radius 2 is 1.96 bits per heavy atom. The Hall–Kier alpha value is -1.65. The lowest BCUT2D eigenvalue weighted by atomic mass is 10.2. The topological polar surface area (TPSA) is 74.9 Å². The number of ether oxygens (including phenoxy) is 1. The van der Waals surface area contributed by atoms with Crippen LogP contribution in [-0.4, -0.2) is 62.0 Å². The van der Waals surface area contributed by atoms with Gasteiger partial charge in [-0.05, 0) is 6.92 Å². The maximum absolute atomic E-state index is 5.42. The number of guanidine groups is 1. The molecule has 3 rings (SSSR count). The Kier molecular flexibility index (Phi) is 9.57. The maximum atomic E-state index is 5.42. The van der Waals surface area contributed by atoms with E-state index in [9.17, 15) is 0 Å². The van der Waals surface area contributed by atoms with E-state index < -0.39 is 0 Å². The van der Waals surface area contributed by atoms with Crippen molar-refractivity contribution < 1.29 is 9.26 Å². The molecule has 0 aliphatic carbocycles. The van der Waals surface area contributed by atoms with Gasteiger partial charge in [0.15, 0.2) is 11.7 Å². The van der Waals surface area contributed by atoms with Crippen LogP contribution >= 0.6 is 24.0 Å². The van der Waals surface area contributed by atoms with E-state index in [2.05, 4.69) is 32.6 Å². The number of aromatic nitrogens is 1. The Morgan fingerprint density at radius 1 is 1.19 bits per heavy atom. The summed E-state index contributed by atoms with van der Waals surface area (Å²) in [5, 5.41) is 10.8. The van der Waals surface area contributed by atoms with Crippen molar-refractivity contribution in [2.75, 3.05) is 45.9 Å². The summed E-state index contributed by atoms with van der Waals surface area (Å²) in [4.78, 5) is 6.99. The molecule has 0 saturated carbocycles. The van der Waals surface area contributed by atoms with Gasteiger partial charge in [0.05, 0.1) is 19.8 Å². The third-order valence-corrected chi connectivity index (χ3v) is 4.18. The monoisotopic (exact) mass is 485 g/mol. The molecule has 0 bridgehead atoms. The lowest BCUT2D eigenvalue weighted by Crippen LogP contribution is -2.44. The van der Waals surface area contributed by atoms with Crippen LogP contribution in [0.3, 0.4) is 0 Å². The highest BCUT2D eigenvalue weighted by molar-refractivity contribution is 14.0. The van der Waals surface area contributed by atoms with Crippen LogP contribution in [0, 0.1) is 0 Å². The fraction of sp³-hybridized carbons (Fsp3) is 0.474. The van der Waals surface area contributed by atoms with E-state index in [1.54, 1.807) is 0 Å². The van der Waals surface area contributed by atoms with Crippen LogP contribution < -0.4 is 10.6 Å². The van der Waals surface area contributed by atoms with Crippen molar-refractivity contribution in [1.82, 2.24) is 20.7 Å². The molecule has 0 unspecified atom stereocenters. The quantitative estimate of drug-likeness (QED) is 0.357. The minimum atomic E-state index is 0. The maximum Gasteiger partial charge on any atom is 0.191 e. The number of nitrogens with zero attached hydrogens (tertiary/aromatic N) is 3. The fourth-order valence-electron chi connectivity index (χ4n) is 2.78. The number of hydrogen-bond acceptors (Lipinski definition) is 5. The second kappa shape index (κ2) is 11.9. The summed E-state index contributed by atoms with van der Waals surface area (Å²) in [7, 11) is 0. The third-order valence-electron chi connectivity index (χ3n) is 4.18. The molecule has 2 heterocycles. The van der Waals surface area contributed by atoms with Gasteiger partial charge in [-0.25, -0.2) is 4.99 Å². The first-order valence-corrected chi connectivity index (χ1v) is 9.18. The SMILES string of the molecule is CCNC(=NCc1cc(-c2ccccc2)on1)NCCN1CCOCC1.I. The molecule has 0 amide bonds. The average Bonchev–Trinajstić information content (AvgIpc) is 3.17. The summed E-state index contributed by atoms with van der Waals surface area (Å²) < 4.78 is 10.8. The zero-order valence-corrected chi connectivity index (χ0v) is 18.0. The molecule has 2 aromatic rings. The van der Waals surface area contributed by atoms with Crippen LogP contribution in [0.1, 0.15) is 12.6 Å². The summed E-state index contributed by atoms with van der Waals surface area (Å²) >= 11 is 0. The zero-order valence-electron chi connectivity index (χ0n) is 15.7. The van der Waals surface area contributed by atoms with Gasteiger partial charge in [-0.2, -0.15) is 0 Å². The Morgan fingerprint density at radius 3 is 2.70 bits per heavy atom. The van der Waals surface area contributed by atoms with E-state index in [1.165, 1.54) is 0 Å². The number of nitrogens with one attached hydrogen (secondary N) is 2. The lowest BCUT2D eigenvalue weighted by Gasteiger charge is -2.26. The van der Waals surface area contributed by atoms with Crippen LogP contribution in [0.25, 0.3) is 11.3 Å². The van der Waals surface area contributed by atoms with Gasteiger partial charge in [-0.3, -0.25) is 4.90 Å². The van der Waals surface area contributed by atoms with Crippen LogP contribution in [0.4, 0.5) is 0 Å². The number of halogens is 1. The smallest absolute Gasteiger partial charge is 0.191 e. The summed E-state index contributed by atoms with van der Waals surface area (Å²) in [5.41, 5.74) is 1.83. The standard InChI is InChI=1S/C19H27N5O2.HI/c1-2-20-19(21-8-9-24-10-12-25-13-11-24)22-15-17-14-18(26-23-17)16-6-4-3-5-7-16;/h3-7,14H,2,8-13,15H2,1H3,(H2,20,21,22);1H. The molecule has 7 nitrogen and oxygen atoms in total. The van der Waals surface area contributed by atoms with E-state index in [1.807, 2.05) is 36.4 Å². The number of rotatable bonds is 7. The van der Waals surface area contributed by atoms with E-state index in [0.29, 0.717) is 6.54 Å². The minimum absolute atomic E-state index is 0. The van der Waals surface area contributed by atoms with Crippen molar-refractivity contribution in [3.63, 3.8) is 0 Å². The van der Waals surface area contributed by atoms with E-state index in [0.717, 1.165) is 68.9 Å². The number of morpholine rings is 1. The number of benzene rings is 1. The van der Waals surface area contributed by atoms with Gasteiger partial charge in [0, 0.05) is 44.4 Å². The summed E-state index contributed by atoms with van der Waals surface area (Å²) in [6.45, 7) is 8.82. The highest BCUT2D eigenvalue weighted by Gasteiger charge is 2.10. The average molecular weight is 485 g/mol. The lowest BCUT2D eigenvalue weighted by molar-refractivity contribution is 0.0389. The van der Waals surface area contributed by atoms with E-state index in [-0.39, 0.29) is 24.0 Å². The molecule has 1 aromatic heterocycles. The molecule has 0 spiro atoms. The fourth-order valence-corrected chi connectivity index (χ4v) is 2.78. The van der Waals surface area contributed by atoms with Crippen molar-refractivity contribution in [3.05, 3.63) is 42.1 Å². The van der Waals surface area contributed by atoms with Crippen molar-refractivity contribution >= 4 is 29.9 Å². The van der Waals surface area contributed by atoms with Gasteiger partial charge in [0.2, 0.25) is 0 Å².